The molecule has 0 atom stereocenters. The summed E-state index contributed by atoms with van der Waals surface area (Å²) in [5.74, 6) is 4.66. The highest BCUT2D eigenvalue weighted by Gasteiger charge is 2.12. The number of hydrogen-bond donors (Lipinski definition) is 3. The van der Waals surface area contributed by atoms with E-state index in [1.54, 1.807) is 25.4 Å². The summed E-state index contributed by atoms with van der Waals surface area (Å²) in [7, 11) is 1.66. The fourth-order valence-electron chi connectivity index (χ4n) is 1.28. The predicted octanol–water partition coefficient (Wildman–Crippen LogP) is 1.93. The average molecular weight is 257 g/mol. The van der Waals surface area contributed by atoms with Gasteiger partial charge in [0, 0.05) is 23.7 Å². The number of allylic oxidation sites excluding steroid dienone is 1. The molecule has 0 radical (unpaired) electrons. The molecule has 0 saturated carbocycles. The topological polar surface area (TPSA) is 92.6 Å². The van der Waals surface area contributed by atoms with Crippen LogP contribution >= 0.6 is 11.3 Å². The van der Waals surface area contributed by atoms with Gasteiger partial charge in [-0.15, -0.1) is 11.3 Å². The second-order valence-corrected chi connectivity index (χ2v) is 4.06. The minimum absolute atomic E-state index is 0.269. The van der Waals surface area contributed by atoms with Crippen molar-refractivity contribution in [3.8, 4) is 0 Å². The lowest BCUT2D eigenvalue weighted by Crippen LogP contribution is -2.26. The van der Waals surface area contributed by atoms with Crippen molar-refractivity contribution in [1.29, 1.82) is 0 Å². The van der Waals surface area contributed by atoms with Gasteiger partial charge in [-0.25, -0.2) is 10.6 Å². The van der Waals surface area contributed by atoms with Gasteiger partial charge in [0.05, 0.1) is 5.70 Å². The van der Waals surface area contributed by atoms with E-state index in [0.717, 1.165) is 16.9 Å². The number of thiophene rings is 1. The number of hydrogen-bond acceptors (Lipinski definition) is 5. The first kappa shape index (κ1) is 15.5. The van der Waals surface area contributed by atoms with Gasteiger partial charge in [0.1, 0.15) is 4.88 Å². The van der Waals surface area contributed by atoms with Crippen molar-refractivity contribution in [2.45, 2.75) is 20.8 Å². The van der Waals surface area contributed by atoms with Crippen LogP contribution in [0.2, 0.25) is 0 Å². The van der Waals surface area contributed by atoms with Crippen LogP contribution in [0.5, 0.6) is 0 Å². The molecule has 0 unspecified atom stereocenters. The van der Waals surface area contributed by atoms with E-state index < -0.39 is 5.97 Å². The zero-order chi connectivity index (χ0) is 13.6. The first-order valence-corrected chi connectivity index (χ1v) is 6.08. The zero-order valence-electron chi connectivity index (χ0n) is 10.5. The Hall–Kier alpha value is -1.53. The van der Waals surface area contributed by atoms with Crippen molar-refractivity contribution in [3.63, 3.8) is 0 Å². The molecule has 0 aliphatic carbocycles. The highest BCUT2D eigenvalue weighted by atomic mass is 32.1. The fraction of sp³-hybridized carbons (Fsp3) is 0.364. The van der Waals surface area contributed by atoms with Crippen LogP contribution in [0.1, 0.15) is 36.0 Å². The molecular formula is C11H19N3O2S. The van der Waals surface area contributed by atoms with Gasteiger partial charge in [-0.1, -0.05) is 13.8 Å². The highest BCUT2D eigenvalue weighted by Crippen LogP contribution is 2.23. The maximum atomic E-state index is 10.7. The van der Waals surface area contributed by atoms with E-state index >= 15 is 0 Å². The number of rotatable bonds is 3. The summed E-state index contributed by atoms with van der Waals surface area (Å²) in [6.45, 7) is 5.72. The normalized spacial score (nSPS) is 11.1. The SMILES string of the molecule is C/C(N)=C(\c1csc(C(=O)O)c1)N(C)N.CC. The van der Waals surface area contributed by atoms with Crippen LogP contribution in [0.3, 0.4) is 0 Å². The maximum absolute atomic E-state index is 10.7. The van der Waals surface area contributed by atoms with E-state index in [9.17, 15) is 4.79 Å². The Bertz CT molecular complexity index is 407. The molecule has 17 heavy (non-hydrogen) atoms. The molecule has 0 aromatic carbocycles. The van der Waals surface area contributed by atoms with Crippen molar-refractivity contribution in [2.24, 2.45) is 11.6 Å². The van der Waals surface area contributed by atoms with Gasteiger partial charge in [0.2, 0.25) is 0 Å². The molecule has 96 valence electrons. The molecule has 1 aromatic heterocycles. The molecule has 6 heteroatoms. The van der Waals surface area contributed by atoms with Crippen molar-refractivity contribution in [1.82, 2.24) is 5.01 Å². The lowest BCUT2D eigenvalue weighted by Gasteiger charge is -2.17. The third-order valence-corrected chi connectivity index (χ3v) is 2.73. The Morgan fingerprint density at radius 1 is 1.47 bits per heavy atom. The summed E-state index contributed by atoms with van der Waals surface area (Å²) in [4.78, 5) is 11.0. The Labute approximate surface area is 105 Å². The minimum atomic E-state index is -0.944. The summed E-state index contributed by atoms with van der Waals surface area (Å²) in [6.07, 6.45) is 0. The molecule has 0 spiro atoms. The van der Waals surface area contributed by atoms with E-state index in [-0.39, 0.29) is 4.88 Å². The Morgan fingerprint density at radius 3 is 2.29 bits per heavy atom. The number of carboxylic acids is 1. The van der Waals surface area contributed by atoms with E-state index in [2.05, 4.69) is 0 Å². The lowest BCUT2D eigenvalue weighted by atomic mass is 10.2. The van der Waals surface area contributed by atoms with E-state index in [0.29, 0.717) is 11.4 Å². The van der Waals surface area contributed by atoms with Gasteiger partial charge < -0.3 is 15.8 Å². The molecule has 5 N–H and O–H groups in total. The summed E-state index contributed by atoms with van der Waals surface area (Å²) in [6, 6.07) is 1.56. The quantitative estimate of drug-likeness (QED) is 0.568. The summed E-state index contributed by atoms with van der Waals surface area (Å²) >= 11 is 1.15. The number of hydrazine groups is 1. The molecular weight excluding hydrogens is 238 g/mol. The monoisotopic (exact) mass is 257 g/mol. The first-order chi connectivity index (χ1) is 7.93. The second kappa shape index (κ2) is 6.93. The zero-order valence-corrected chi connectivity index (χ0v) is 11.3. The molecule has 0 fully saturated rings. The van der Waals surface area contributed by atoms with Crippen LogP contribution in [0.25, 0.3) is 5.70 Å². The number of nitrogens with zero attached hydrogens (tertiary/aromatic N) is 1. The summed E-state index contributed by atoms with van der Waals surface area (Å²) < 4.78 is 0. The van der Waals surface area contributed by atoms with Crippen LogP contribution in [0, 0.1) is 0 Å². The first-order valence-electron chi connectivity index (χ1n) is 5.20. The van der Waals surface area contributed by atoms with Crippen molar-refractivity contribution < 1.29 is 9.90 Å². The standard InChI is InChI=1S/C9H13N3O2S.C2H6/c1-5(10)8(12(2)11)6-3-7(9(13)14)15-4-6;1-2/h3-4H,10-11H2,1-2H3,(H,13,14);1-2H3/b8-5-;. The Kier molecular flexibility index (Phi) is 6.30. The molecule has 0 aliphatic rings. The van der Waals surface area contributed by atoms with Crippen LogP contribution in [0.15, 0.2) is 17.1 Å². The van der Waals surface area contributed by atoms with E-state index in [4.69, 9.17) is 16.7 Å². The van der Waals surface area contributed by atoms with Gasteiger partial charge in [-0.05, 0) is 13.0 Å². The molecule has 0 saturated heterocycles. The average Bonchev–Trinajstić information content (AvgIpc) is 2.69. The molecule has 0 bridgehead atoms. The Balaban J connectivity index is 0.00000121. The van der Waals surface area contributed by atoms with Crippen molar-refractivity contribution in [2.75, 3.05) is 7.05 Å². The van der Waals surface area contributed by atoms with Gasteiger partial charge in [0.15, 0.2) is 0 Å². The summed E-state index contributed by atoms with van der Waals surface area (Å²) in [5, 5.41) is 11.9. The predicted molar refractivity (Wildman–Crippen MR) is 71.4 cm³/mol. The van der Waals surface area contributed by atoms with Gasteiger partial charge in [-0.3, -0.25) is 0 Å². The van der Waals surface area contributed by atoms with Crippen molar-refractivity contribution >= 4 is 23.0 Å². The molecule has 1 rings (SSSR count). The van der Waals surface area contributed by atoms with Crippen LogP contribution < -0.4 is 11.6 Å². The lowest BCUT2D eigenvalue weighted by molar-refractivity contribution is 0.0702. The number of carboxylic acid groups (broad SMARTS) is 1. The van der Waals surface area contributed by atoms with E-state index in [1.807, 2.05) is 13.8 Å². The second-order valence-electron chi connectivity index (χ2n) is 3.15. The molecule has 5 nitrogen and oxygen atoms in total. The largest absolute Gasteiger partial charge is 0.477 e. The van der Waals surface area contributed by atoms with E-state index in [1.165, 1.54) is 5.01 Å². The maximum Gasteiger partial charge on any atom is 0.345 e. The molecule has 0 amide bonds. The van der Waals surface area contributed by atoms with Crippen LogP contribution in [-0.4, -0.2) is 23.1 Å². The molecule has 1 aromatic rings. The van der Waals surface area contributed by atoms with Gasteiger partial charge in [-0.2, -0.15) is 0 Å². The van der Waals surface area contributed by atoms with Crippen LogP contribution in [0.4, 0.5) is 0 Å². The molecule has 1 heterocycles. The fourth-order valence-corrected chi connectivity index (χ4v) is 2.01. The Morgan fingerprint density at radius 2 is 2.00 bits per heavy atom. The van der Waals surface area contributed by atoms with Gasteiger partial charge in [0.25, 0.3) is 0 Å². The van der Waals surface area contributed by atoms with Crippen molar-refractivity contribution in [3.05, 3.63) is 27.6 Å². The number of aromatic carboxylic acids is 1. The highest BCUT2D eigenvalue weighted by molar-refractivity contribution is 7.12. The minimum Gasteiger partial charge on any atom is -0.477 e. The number of nitrogens with two attached hydrogens (primary N) is 2. The third-order valence-electron chi connectivity index (χ3n) is 1.81. The number of carbonyl (C=O) groups is 1. The summed E-state index contributed by atoms with van der Waals surface area (Å²) in [5.41, 5.74) is 7.58. The smallest absolute Gasteiger partial charge is 0.345 e. The third kappa shape index (κ3) is 4.08. The van der Waals surface area contributed by atoms with Crippen LogP contribution in [-0.2, 0) is 0 Å². The molecule has 0 aliphatic heterocycles. The van der Waals surface area contributed by atoms with Gasteiger partial charge >= 0.3 is 5.97 Å².